The summed E-state index contributed by atoms with van der Waals surface area (Å²) in [6.07, 6.45) is 0. The molecule has 0 saturated heterocycles. The van der Waals surface area contributed by atoms with Gasteiger partial charge in [0, 0.05) is 12.5 Å². The summed E-state index contributed by atoms with van der Waals surface area (Å²) in [5, 5.41) is 0. The first-order valence-corrected chi connectivity index (χ1v) is 5.68. The molecule has 4 heteroatoms. The zero-order chi connectivity index (χ0) is 11.2. The van der Waals surface area contributed by atoms with Crippen LogP contribution < -0.4 is 0 Å². The van der Waals surface area contributed by atoms with E-state index in [0.29, 0.717) is 0 Å². The maximum Gasteiger partial charge on any atom is 0.161 e. The highest BCUT2D eigenvalue weighted by Crippen LogP contribution is 2.25. The van der Waals surface area contributed by atoms with Crippen molar-refractivity contribution in [1.29, 1.82) is 0 Å². The van der Waals surface area contributed by atoms with Gasteiger partial charge in [0.2, 0.25) is 0 Å². The van der Waals surface area contributed by atoms with Crippen LogP contribution in [0.15, 0.2) is 16.7 Å². The lowest BCUT2D eigenvalue weighted by molar-refractivity contribution is 0.526. The molecule has 0 N–H and O–H groups in total. The third-order valence-corrected chi connectivity index (χ3v) is 2.79. The predicted octanol–water partition coefficient (Wildman–Crippen LogP) is 3.03. The second kappa shape index (κ2) is 3.30. The van der Waals surface area contributed by atoms with Crippen molar-refractivity contribution >= 4 is 27.1 Å². The Morgan fingerprint density at radius 2 is 1.87 bits per heavy atom. The third-order valence-electron chi connectivity index (χ3n) is 2.35. The number of pyridine rings is 1. The molecule has 0 bridgehead atoms. The van der Waals surface area contributed by atoms with Gasteiger partial charge in [0.1, 0.15) is 15.9 Å². The Hall–Kier alpha value is -0.900. The van der Waals surface area contributed by atoms with Gasteiger partial charge in [-0.15, -0.1) is 0 Å². The second-order valence-electron chi connectivity index (χ2n) is 4.72. The molecular weight excluding hydrogens is 254 g/mol. The Balaban J connectivity index is 2.76. The van der Waals surface area contributed by atoms with Crippen molar-refractivity contribution in [3.8, 4) is 0 Å². The molecule has 3 nitrogen and oxygen atoms in total. The van der Waals surface area contributed by atoms with Crippen LogP contribution in [0.2, 0.25) is 0 Å². The molecule has 2 aromatic rings. The number of rotatable bonds is 0. The van der Waals surface area contributed by atoms with E-state index in [1.807, 2.05) is 19.2 Å². The molecule has 0 aliphatic carbocycles. The number of imidazole rings is 1. The largest absolute Gasteiger partial charge is 0.315 e. The van der Waals surface area contributed by atoms with Crippen molar-refractivity contribution in [2.24, 2.45) is 7.05 Å². The average Bonchev–Trinajstić information content (AvgIpc) is 2.43. The molecule has 0 radical (unpaired) electrons. The van der Waals surface area contributed by atoms with E-state index in [1.165, 1.54) is 0 Å². The summed E-state index contributed by atoms with van der Waals surface area (Å²) in [5.41, 5.74) is 1.92. The molecule has 0 atom stereocenters. The first-order valence-electron chi connectivity index (χ1n) is 4.89. The molecule has 0 aliphatic heterocycles. The van der Waals surface area contributed by atoms with Gasteiger partial charge in [-0.25, -0.2) is 9.97 Å². The molecule has 15 heavy (non-hydrogen) atoms. The molecule has 0 saturated carbocycles. The van der Waals surface area contributed by atoms with E-state index in [2.05, 4.69) is 51.2 Å². The Kier molecular flexibility index (Phi) is 2.34. The lowest BCUT2D eigenvalue weighted by atomic mass is 9.96. The number of hydrogen-bond donors (Lipinski definition) is 0. The molecule has 80 valence electrons. The van der Waals surface area contributed by atoms with Crippen LogP contribution in [0.5, 0.6) is 0 Å². The number of halogens is 1. The van der Waals surface area contributed by atoms with E-state index in [0.717, 1.165) is 21.6 Å². The molecule has 2 rings (SSSR count). The van der Waals surface area contributed by atoms with Gasteiger partial charge in [0.05, 0.1) is 0 Å². The van der Waals surface area contributed by atoms with E-state index < -0.39 is 0 Å². The van der Waals surface area contributed by atoms with Gasteiger partial charge in [-0.3, -0.25) is 0 Å². The number of fused-ring (bicyclic) bond motifs is 1. The summed E-state index contributed by atoms with van der Waals surface area (Å²) < 4.78 is 2.90. The average molecular weight is 268 g/mol. The van der Waals surface area contributed by atoms with Crippen LogP contribution in [0.1, 0.15) is 26.6 Å². The smallest absolute Gasteiger partial charge is 0.161 e. The fourth-order valence-corrected chi connectivity index (χ4v) is 2.01. The summed E-state index contributed by atoms with van der Waals surface area (Å²) in [4.78, 5) is 9.03. The van der Waals surface area contributed by atoms with E-state index in [-0.39, 0.29) is 5.41 Å². The number of nitrogens with zero attached hydrogens (tertiary/aromatic N) is 3. The Bertz CT molecular complexity index is 508. The molecular formula is C11H14BrN3. The van der Waals surface area contributed by atoms with Crippen molar-refractivity contribution in [1.82, 2.24) is 14.5 Å². The highest BCUT2D eigenvalue weighted by atomic mass is 79.9. The molecule has 0 unspecified atom stereocenters. The van der Waals surface area contributed by atoms with Gasteiger partial charge in [0.15, 0.2) is 5.65 Å². The zero-order valence-electron chi connectivity index (χ0n) is 9.37. The predicted molar refractivity (Wildman–Crippen MR) is 64.9 cm³/mol. The molecule has 0 aliphatic rings. The number of aryl methyl sites for hydroxylation is 1. The summed E-state index contributed by atoms with van der Waals surface area (Å²) >= 11 is 3.37. The van der Waals surface area contributed by atoms with Crippen LogP contribution in [0.3, 0.4) is 0 Å². The Labute approximate surface area is 97.7 Å². The summed E-state index contributed by atoms with van der Waals surface area (Å²) in [6, 6.07) is 3.91. The van der Waals surface area contributed by atoms with E-state index in [9.17, 15) is 0 Å². The molecule has 0 spiro atoms. The maximum atomic E-state index is 4.60. The van der Waals surface area contributed by atoms with E-state index in [1.54, 1.807) is 0 Å². The Morgan fingerprint density at radius 1 is 1.20 bits per heavy atom. The van der Waals surface area contributed by atoms with Crippen molar-refractivity contribution < 1.29 is 0 Å². The van der Waals surface area contributed by atoms with Crippen molar-refractivity contribution in [2.45, 2.75) is 26.2 Å². The fraction of sp³-hybridized carbons (Fsp3) is 0.455. The second-order valence-corrected chi connectivity index (χ2v) is 5.53. The Morgan fingerprint density at radius 3 is 2.47 bits per heavy atom. The highest BCUT2D eigenvalue weighted by molar-refractivity contribution is 9.10. The zero-order valence-corrected chi connectivity index (χ0v) is 11.0. The van der Waals surface area contributed by atoms with Crippen LogP contribution in [0.4, 0.5) is 0 Å². The van der Waals surface area contributed by atoms with Gasteiger partial charge in [-0.1, -0.05) is 20.8 Å². The normalized spacial score (nSPS) is 12.3. The standard InChI is InChI=1S/C11H14BrN3/c1-11(2,3)10-13-7-5-6-8(12)14-9(7)15(10)4/h5-6H,1-4H3. The van der Waals surface area contributed by atoms with Gasteiger partial charge in [-0.2, -0.15) is 0 Å². The van der Waals surface area contributed by atoms with Crippen LogP contribution in [0, 0.1) is 0 Å². The highest BCUT2D eigenvalue weighted by Gasteiger charge is 2.21. The lowest BCUT2D eigenvalue weighted by Gasteiger charge is -2.17. The SMILES string of the molecule is Cn1c(C(C)(C)C)nc2ccc(Br)nc21. The van der Waals surface area contributed by atoms with Crippen molar-refractivity contribution in [2.75, 3.05) is 0 Å². The number of hydrogen-bond acceptors (Lipinski definition) is 2. The lowest BCUT2D eigenvalue weighted by Crippen LogP contribution is -2.17. The van der Waals surface area contributed by atoms with Gasteiger partial charge in [-0.05, 0) is 28.1 Å². The first-order chi connectivity index (χ1) is 6.89. The monoisotopic (exact) mass is 267 g/mol. The quantitative estimate of drug-likeness (QED) is 0.687. The van der Waals surface area contributed by atoms with Crippen LogP contribution in [-0.2, 0) is 12.5 Å². The minimum absolute atomic E-state index is 0.0436. The third kappa shape index (κ3) is 1.78. The van der Waals surface area contributed by atoms with E-state index in [4.69, 9.17) is 0 Å². The topological polar surface area (TPSA) is 30.7 Å². The van der Waals surface area contributed by atoms with Crippen molar-refractivity contribution in [3.05, 3.63) is 22.6 Å². The minimum atomic E-state index is 0.0436. The molecule has 0 aromatic carbocycles. The molecule has 0 fully saturated rings. The van der Waals surface area contributed by atoms with Crippen LogP contribution >= 0.6 is 15.9 Å². The van der Waals surface area contributed by atoms with Gasteiger partial charge < -0.3 is 4.57 Å². The van der Waals surface area contributed by atoms with Crippen LogP contribution in [0.25, 0.3) is 11.2 Å². The van der Waals surface area contributed by atoms with Crippen molar-refractivity contribution in [3.63, 3.8) is 0 Å². The molecule has 2 heterocycles. The maximum absolute atomic E-state index is 4.60. The molecule has 0 amide bonds. The van der Waals surface area contributed by atoms with E-state index >= 15 is 0 Å². The van der Waals surface area contributed by atoms with Gasteiger partial charge >= 0.3 is 0 Å². The van der Waals surface area contributed by atoms with Gasteiger partial charge in [0.25, 0.3) is 0 Å². The minimum Gasteiger partial charge on any atom is -0.315 e. The summed E-state index contributed by atoms with van der Waals surface area (Å²) in [6.45, 7) is 6.47. The summed E-state index contributed by atoms with van der Waals surface area (Å²) in [7, 11) is 2.01. The summed E-state index contributed by atoms with van der Waals surface area (Å²) in [5.74, 6) is 1.06. The first kappa shape index (κ1) is 10.6. The van der Waals surface area contributed by atoms with Crippen LogP contribution in [-0.4, -0.2) is 14.5 Å². The fourth-order valence-electron chi connectivity index (χ4n) is 1.71. The molecule has 2 aromatic heterocycles. The number of aromatic nitrogens is 3.